The Kier molecular flexibility index (Phi) is 34.7. The highest BCUT2D eigenvalue weighted by molar-refractivity contribution is 5.99. The van der Waals surface area contributed by atoms with Gasteiger partial charge in [-0.1, -0.05) is 76.6 Å². The van der Waals surface area contributed by atoms with Crippen LogP contribution in [0.25, 0.3) is 0 Å². The van der Waals surface area contributed by atoms with Crippen molar-refractivity contribution in [2.45, 2.75) is 197 Å². The Balaban J connectivity index is 1.69. The van der Waals surface area contributed by atoms with Gasteiger partial charge < -0.3 is 103 Å². The minimum Gasteiger partial charge on any atom is -0.508 e. The fourth-order valence-electron chi connectivity index (χ4n) is 11.1. The van der Waals surface area contributed by atoms with E-state index in [0.29, 0.717) is 43.4 Å². The number of carbonyl (C=O) groups excluding carboxylic acids is 12. The Labute approximate surface area is 571 Å². The molecule has 2 aliphatic heterocycles. The molecule has 2 aromatic carbocycles. The monoisotopic (exact) mass is 1370 g/mol. The lowest BCUT2D eigenvalue weighted by molar-refractivity contribution is -0.142. The van der Waals surface area contributed by atoms with Crippen molar-refractivity contribution < 1.29 is 62.6 Å². The molecular formula is C65H104N20O13. The van der Waals surface area contributed by atoms with Gasteiger partial charge in [-0.2, -0.15) is 0 Å². The smallest absolute Gasteiger partial charge is 0.245 e. The zero-order valence-corrected chi connectivity index (χ0v) is 56.6. The van der Waals surface area contributed by atoms with Gasteiger partial charge in [0, 0.05) is 32.6 Å². The third kappa shape index (κ3) is 28.6. The number of phenolic OH excluding ortho intramolecular Hbond substituents is 1. The first kappa shape index (κ1) is 80.8. The number of hydrogen-bond acceptors (Lipinski definition) is 17. The SMILES string of the molecule is CC[C@H](C)[C@H](NC(=O)[C@H](CCCN=C(N)N)NC(=O)C1CCCCNC(=O)CC(NC(=O)[C@@H](N)Cc2ccc(O)cc2)C(=O)NCC(=O)N[C@@H](Cc2ccccc2)C(=O)NC(CC(C)C)C(=O)N1)C(=O)N[C@@H](CCCN=C(N)N)C(=O)N1CCC[C@H]1C(=O)N[C@@H](CCCCN)C(N)=O. The Morgan fingerprint density at radius 3 is 1.90 bits per heavy atom. The van der Waals surface area contributed by atoms with Crippen molar-refractivity contribution in [1.29, 1.82) is 0 Å². The maximum Gasteiger partial charge on any atom is 0.245 e. The Morgan fingerprint density at radius 2 is 1.28 bits per heavy atom. The predicted molar refractivity (Wildman–Crippen MR) is 365 cm³/mol. The molecule has 0 aromatic heterocycles. The second-order valence-electron chi connectivity index (χ2n) is 25.2. The summed E-state index contributed by atoms with van der Waals surface area (Å²) in [7, 11) is 0. The lowest BCUT2D eigenvalue weighted by atomic mass is 9.96. The first-order valence-electron chi connectivity index (χ1n) is 33.5. The summed E-state index contributed by atoms with van der Waals surface area (Å²) < 4.78 is 0. The summed E-state index contributed by atoms with van der Waals surface area (Å²) in [5.74, 6) is -10.7. The van der Waals surface area contributed by atoms with E-state index in [4.69, 9.17) is 40.1 Å². The molecule has 98 heavy (non-hydrogen) atoms. The molecule has 25 N–H and O–H groups in total. The van der Waals surface area contributed by atoms with Gasteiger partial charge >= 0.3 is 0 Å². The first-order valence-corrected chi connectivity index (χ1v) is 33.5. The average Bonchev–Trinajstić information content (AvgIpc) is 1.94. The predicted octanol–water partition coefficient (Wildman–Crippen LogP) is -4.01. The van der Waals surface area contributed by atoms with Crippen molar-refractivity contribution in [1.82, 2.24) is 58.1 Å². The molecule has 0 radical (unpaired) electrons. The quantitative estimate of drug-likeness (QED) is 0.0189. The van der Waals surface area contributed by atoms with Gasteiger partial charge in [0.15, 0.2) is 11.9 Å². The molecule has 2 heterocycles. The third-order valence-corrected chi connectivity index (χ3v) is 16.7. The fourth-order valence-corrected chi connectivity index (χ4v) is 11.1. The largest absolute Gasteiger partial charge is 0.508 e. The van der Waals surface area contributed by atoms with Gasteiger partial charge in [0.25, 0.3) is 0 Å². The zero-order chi connectivity index (χ0) is 72.4. The number of likely N-dealkylation sites (tertiary alicyclic amines) is 1. The van der Waals surface area contributed by atoms with Gasteiger partial charge in [0.05, 0.1) is 19.0 Å². The molecule has 2 aromatic rings. The third-order valence-electron chi connectivity index (χ3n) is 16.7. The van der Waals surface area contributed by atoms with Crippen LogP contribution in [0.4, 0.5) is 0 Å². The van der Waals surface area contributed by atoms with E-state index in [0.717, 1.165) is 0 Å². The number of rotatable bonds is 32. The summed E-state index contributed by atoms with van der Waals surface area (Å²) >= 11 is 0. The summed E-state index contributed by atoms with van der Waals surface area (Å²) in [5, 5.41) is 36.6. The number of amides is 12. The van der Waals surface area contributed by atoms with Gasteiger partial charge in [-0.3, -0.25) is 67.5 Å². The molecule has 0 bridgehead atoms. The van der Waals surface area contributed by atoms with Gasteiger partial charge in [-0.15, -0.1) is 0 Å². The maximum atomic E-state index is 14.9. The van der Waals surface area contributed by atoms with Crippen LogP contribution in [-0.2, 0) is 70.4 Å². The lowest BCUT2D eigenvalue weighted by Gasteiger charge is -2.32. The number of guanidine groups is 2. The maximum absolute atomic E-state index is 14.9. The number of unbranched alkanes of at least 4 members (excludes halogenated alkanes) is 1. The topological polar surface area (TPSA) is 555 Å². The minimum atomic E-state index is -1.55. The van der Waals surface area contributed by atoms with E-state index in [1.165, 1.54) is 17.0 Å². The molecule has 12 amide bonds. The summed E-state index contributed by atoms with van der Waals surface area (Å²) in [5.41, 5.74) is 41.2. The number of aromatic hydroxyl groups is 1. The van der Waals surface area contributed by atoms with Gasteiger partial charge in [-0.05, 0) is 132 Å². The van der Waals surface area contributed by atoms with Crippen LogP contribution >= 0.6 is 0 Å². The summed E-state index contributed by atoms with van der Waals surface area (Å²) in [6.07, 6.45) is 1.91. The van der Waals surface area contributed by atoms with E-state index in [-0.39, 0.29) is 127 Å². The molecule has 2 fully saturated rings. The summed E-state index contributed by atoms with van der Waals surface area (Å²) in [4.78, 5) is 179. The molecule has 11 atom stereocenters. The number of primary amides is 1. The van der Waals surface area contributed by atoms with E-state index in [1.807, 2.05) is 0 Å². The standard InChI is InChI=1S/C65H104N20O13/c1-5-38(4)53(62(97)81-46(21-14-30-75-65(71)72)63(98)85-31-15-22-50(85)61(96)78-43(54(68)89)18-9-11-27-66)84-58(93)45(20-13-29-74-64(69)70)79-57(92)44-19-10-12-28-73-51(87)35-49(82-55(90)42(67)33-40-23-25-41(86)26-24-40)56(91)76-36-52(88)77-48(34-39-16-7-6-8-17-39)60(95)83-47(32-37(2)3)59(94)80-44/h6-8,16-17,23-26,37-38,42-50,53,86H,5,9-15,18-22,27-36,66-67H2,1-4H3,(H2,68,89)(H,73,87)(H,76,91)(H,77,88)(H,78,96)(H,79,92)(H,80,94)(H,81,97)(H,82,90)(H,83,95)(H,84,93)(H4,69,70,74)(H4,71,72,75)/t38-,42-,43-,44?,45-,46-,47?,48-,49?,50-,53-/m0/s1. The van der Waals surface area contributed by atoms with Crippen molar-refractivity contribution in [3.8, 4) is 5.75 Å². The van der Waals surface area contributed by atoms with Crippen molar-refractivity contribution in [2.75, 3.05) is 39.3 Å². The Hall–Kier alpha value is -9.66. The molecule has 0 aliphatic carbocycles. The van der Waals surface area contributed by atoms with Crippen LogP contribution in [-0.4, -0.2) is 192 Å². The highest BCUT2D eigenvalue weighted by atomic mass is 16.3. The van der Waals surface area contributed by atoms with Gasteiger partial charge in [0.1, 0.15) is 60.1 Å². The molecule has 0 saturated carbocycles. The second-order valence-corrected chi connectivity index (χ2v) is 25.2. The molecule has 0 spiro atoms. The van der Waals surface area contributed by atoms with Gasteiger partial charge in [0.2, 0.25) is 70.9 Å². The number of nitrogens with zero attached hydrogens (tertiary/aromatic N) is 3. The summed E-state index contributed by atoms with van der Waals surface area (Å²) in [6, 6.07) is 1.52. The molecule has 4 rings (SSSR count). The van der Waals surface area contributed by atoms with Crippen LogP contribution in [0.3, 0.4) is 0 Å². The fraction of sp³-hybridized carbons (Fsp3) is 0.600. The van der Waals surface area contributed by atoms with Crippen molar-refractivity contribution >= 4 is 82.8 Å². The van der Waals surface area contributed by atoms with Crippen LogP contribution in [0.5, 0.6) is 5.75 Å². The zero-order valence-electron chi connectivity index (χ0n) is 56.6. The van der Waals surface area contributed by atoms with Crippen molar-refractivity contribution in [2.24, 2.45) is 62.0 Å². The van der Waals surface area contributed by atoms with Crippen LogP contribution in [0.1, 0.15) is 135 Å². The van der Waals surface area contributed by atoms with Crippen LogP contribution < -0.4 is 93.3 Å². The molecule has 2 aliphatic rings. The number of nitrogens with one attached hydrogen (secondary N) is 10. The van der Waals surface area contributed by atoms with Crippen LogP contribution in [0.2, 0.25) is 0 Å². The molecule has 3 unspecified atom stereocenters. The molecule has 542 valence electrons. The Morgan fingerprint density at radius 1 is 0.643 bits per heavy atom. The number of benzene rings is 2. The van der Waals surface area contributed by atoms with Gasteiger partial charge in [-0.25, -0.2) is 0 Å². The number of nitrogens with two attached hydrogens (primary N) is 7. The number of hydrogen-bond donors (Lipinski definition) is 18. The minimum absolute atomic E-state index is 0.00553. The number of carbonyl (C=O) groups is 12. The average molecular weight is 1370 g/mol. The van der Waals surface area contributed by atoms with Crippen LogP contribution in [0.15, 0.2) is 64.6 Å². The highest BCUT2D eigenvalue weighted by Crippen LogP contribution is 2.22. The van der Waals surface area contributed by atoms with E-state index >= 15 is 0 Å². The number of phenols is 1. The van der Waals surface area contributed by atoms with Crippen LogP contribution in [0, 0.1) is 11.8 Å². The normalized spacial score (nSPS) is 20.1. The van der Waals surface area contributed by atoms with E-state index in [9.17, 15) is 62.6 Å². The van der Waals surface area contributed by atoms with E-state index in [2.05, 4.69) is 63.2 Å². The van der Waals surface area contributed by atoms with E-state index in [1.54, 1.807) is 70.2 Å². The van der Waals surface area contributed by atoms with Crippen molar-refractivity contribution in [3.05, 3.63) is 65.7 Å². The highest BCUT2D eigenvalue weighted by Gasteiger charge is 2.41. The Bertz CT molecular complexity index is 3060. The second kappa shape index (κ2) is 42.1. The summed E-state index contributed by atoms with van der Waals surface area (Å²) in [6.45, 7) is 6.84. The molecular weight excluding hydrogens is 1270 g/mol. The van der Waals surface area contributed by atoms with E-state index < -0.39 is 150 Å². The molecule has 33 heteroatoms. The lowest BCUT2D eigenvalue weighted by Crippen LogP contribution is -2.61. The first-order chi connectivity index (χ1) is 46.6. The van der Waals surface area contributed by atoms with Crippen molar-refractivity contribution in [3.63, 3.8) is 0 Å². The molecule has 2 saturated heterocycles. The number of aliphatic imine (C=N–C) groups is 2. The molecule has 33 nitrogen and oxygen atoms in total.